The molecule has 12 heteroatoms. The van der Waals surface area contributed by atoms with Gasteiger partial charge in [0.05, 0.1) is 24.5 Å². The zero-order chi connectivity index (χ0) is 26.3. The normalized spacial score (nSPS) is 20.2. The van der Waals surface area contributed by atoms with Crippen LogP contribution < -0.4 is 10.1 Å². The Balaban J connectivity index is 1.15. The van der Waals surface area contributed by atoms with E-state index >= 15 is 0 Å². The fourth-order valence-corrected chi connectivity index (χ4v) is 5.05. The van der Waals surface area contributed by atoms with Crippen LogP contribution in [0.3, 0.4) is 0 Å². The van der Waals surface area contributed by atoms with Crippen LogP contribution >= 0.6 is 0 Å². The van der Waals surface area contributed by atoms with Gasteiger partial charge in [-0.05, 0) is 43.9 Å². The Morgan fingerprint density at radius 2 is 1.84 bits per heavy atom. The summed E-state index contributed by atoms with van der Waals surface area (Å²) in [5, 5.41) is 18.8. The van der Waals surface area contributed by atoms with E-state index in [1.165, 1.54) is 6.20 Å². The highest BCUT2D eigenvalue weighted by atomic mass is 19.4. The quantitative estimate of drug-likeness (QED) is 0.439. The molecular formula is C26H29F3N6O3. The van der Waals surface area contributed by atoms with Crippen molar-refractivity contribution in [3.8, 4) is 11.5 Å². The molecule has 0 bridgehead atoms. The molecule has 2 saturated heterocycles. The number of ether oxygens (including phenoxy) is 2. The summed E-state index contributed by atoms with van der Waals surface area (Å²) < 4.78 is 51.8. The number of anilines is 2. The number of hydrogen-bond donors (Lipinski definition) is 2. The topological polar surface area (TPSA) is 97.6 Å². The Hall–Kier alpha value is -3.22. The van der Waals surface area contributed by atoms with Crippen LogP contribution in [0.25, 0.3) is 0 Å². The maximum Gasteiger partial charge on any atom is 0.401 e. The predicted octanol–water partition coefficient (Wildman–Crippen LogP) is 4.50. The Labute approximate surface area is 217 Å². The average molecular weight is 531 g/mol. The van der Waals surface area contributed by atoms with Gasteiger partial charge in [0, 0.05) is 56.4 Å². The monoisotopic (exact) mass is 530 g/mol. The van der Waals surface area contributed by atoms with E-state index in [-0.39, 0.29) is 19.0 Å². The molecule has 0 aromatic carbocycles. The summed E-state index contributed by atoms with van der Waals surface area (Å²) in [6.45, 7) is 0.114. The number of nitrogens with one attached hydrogen (secondary N) is 1. The first-order valence-electron chi connectivity index (χ1n) is 12.8. The molecule has 9 nitrogen and oxygen atoms in total. The second-order valence-electron chi connectivity index (χ2n) is 10.3. The molecule has 3 aromatic heterocycles. The fraction of sp³-hybridized carbons (Fsp3) is 0.500. The van der Waals surface area contributed by atoms with Gasteiger partial charge < -0.3 is 19.9 Å². The van der Waals surface area contributed by atoms with Crippen LogP contribution in [0, 0.1) is 0 Å². The van der Waals surface area contributed by atoms with Crippen molar-refractivity contribution in [2.75, 3.05) is 38.2 Å². The van der Waals surface area contributed by atoms with Gasteiger partial charge in [0.2, 0.25) is 0 Å². The van der Waals surface area contributed by atoms with Gasteiger partial charge in [0.1, 0.15) is 22.9 Å². The number of halogens is 3. The van der Waals surface area contributed by atoms with E-state index in [9.17, 15) is 18.3 Å². The number of likely N-dealkylation sites (tertiary alicyclic amines) is 1. The van der Waals surface area contributed by atoms with Crippen LogP contribution in [0.2, 0.25) is 0 Å². The average Bonchev–Trinajstić information content (AvgIpc) is 3.63. The van der Waals surface area contributed by atoms with E-state index in [2.05, 4.69) is 15.3 Å². The number of aromatic nitrogens is 4. The summed E-state index contributed by atoms with van der Waals surface area (Å²) in [5.74, 6) is 2.14. The predicted molar refractivity (Wildman–Crippen MR) is 132 cm³/mol. The Bertz CT molecular complexity index is 1280. The van der Waals surface area contributed by atoms with E-state index in [0.29, 0.717) is 42.2 Å². The number of rotatable bonds is 8. The summed E-state index contributed by atoms with van der Waals surface area (Å²) in [6.07, 6.45) is 4.88. The number of β-amino-alcohol motifs (C(OH)–C–C–N with tert-alkyl or cyclic N) is 1. The fourth-order valence-electron chi connectivity index (χ4n) is 5.05. The summed E-state index contributed by atoms with van der Waals surface area (Å²) in [7, 11) is 0. The Kier molecular flexibility index (Phi) is 6.48. The SMILES string of the molecule is OC1(c2cc(Nc3cc(Oc4cn(C5CC5)nc4C4CCOCC4)ccn3)ccn2)CN(CC(F)(F)F)C1. The molecule has 0 radical (unpaired) electrons. The molecule has 5 heterocycles. The van der Waals surface area contributed by atoms with Crippen LogP contribution in [-0.2, 0) is 10.3 Å². The minimum atomic E-state index is -4.31. The van der Waals surface area contributed by atoms with Crippen molar-refractivity contribution in [1.29, 1.82) is 0 Å². The van der Waals surface area contributed by atoms with Gasteiger partial charge in [-0.1, -0.05) is 0 Å². The molecule has 202 valence electrons. The molecule has 3 aromatic rings. The summed E-state index contributed by atoms with van der Waals surface area (Å²) >= 11 is 0. The van der Waals surface area contributed by atoms with Gasteiger partial charge in [-0.25, -0.2) is 4.98 Å². The van der Waals surface area contributed by atoms with E-state index < -0.39 is 18.3 Å². The van der Waals surface area contributed by atoms with Crippen LogP contribution in [0.15, 0.2) is 42.9 Å². The standard InChI is InChI=1S/C26H29F3N6O3/c27-26(28,29)16-34-14-25(36,15-34)22-11-18(3-7-30-22)32-23-12-20(4-8-31-23)38-21-13-35(19-1-2-19)33-24(21)17-5-9-37-10-6-17/h3-4,7-8,11-13,17,19,36H,1-2,5-6,9-10,14-16H2,(H,30,31,32). The van der Waals surface area contributed by atoms with Crippen molar-refractivity contribution in [3.63, 3.8) is 0 Å². The molecule has 38 heavy (non-hydrogen) atoms. The number of alkyl halides is 3. The van der Waals surface area contributed by atoms with E-state index in [0.717, 1.165) is 42.0 Å². The largest absolute Gasteiger partial charge is 0.454 e. The third kappa shape index (κ3) is 5.62. The minimum absolute atomic E-state index is 0.130. The molecule has 3 aliphatic rings. The molecule has 6 rings (SSSR count). The van der Waals surface area contributed by atoms with E-state index in [4.69, 9.17) is 14.6 Å². The van der Waals surface area contributed by atoms with E-state index in [1.54, 1.807) is 30.5 Å². The van der Waals surface area contributed by atoms with Crippen LogP contribution in [0.4, 0.5) is 24.7 Å². The van der Waals surface area contributed by atoms with Gasteiger partial charge in [0.25, 0.3) is 0 Å². The number of aliphatic hydroxyl groups is 1. The van der Waals surface area contributed by atoms with E-state index in [1.807, 2.05) is 10.9 Å². The molecule has 2 N–H and O–H groups in total. The molecule has 1 saturated carbocycles. The molecule has 3 fully saturated rings. The highest BCUT2D eigenvalue weighted by Gasteiger charge is 2.47. The number of pyridine rings is 2. The molecule has 1 aliphatic carbocycles. The Morgan fingerprint density at radius 3 is 2.58 bits per heavy atom. The third-order valence-corrected chi connectivity index (χ3v) is 7.10. The minimum Gasteiger partial charge on any atom is -0.454 e. The Morgan fingerprint density at radius 1 is 1.08 bits per heavy atom. The zero-order valence-corrected chi connectivity index (χ0v) is 20.7. The maximum atomic E-state index is 12.6. The smallest absolute Gasteiger partial charge is 0.401 e. The van der Waals surface area contributed by atoms with Crippen molar-refractivity contribution < 1.29 is 27.8 Å². The second-order valence-corrected chi connectivity index (χ2v) is 10.3. The van der Waals surface area contributed by atoms with Crippen molar-refractivity contribution in [3.05, 3.63) is 54.2 Å². The lowest BCUT2D eigenvalue weighted by Gasteiger charge is -2.46. The number of hydrogen-bond acceptors (Lipinski definition) is 8. The highest BCUT2D eigenvalue weighted by Crippen LogP contribution is 2.41. The first-order valence-corrected chi connectivity index (χ1v) is 12.8. The molecule has 0 spiro atoms. The molecule has 2 aliphatic heterocycles. The molecule has 0 atom stereocenters. The molecule has 0 unspecified atom stereocenters. The van der Waals surface area contributed by atoms with Gasteiger partial charge in [-0.15, -0.1) is 0 Å². The maximum absolute atomic E-state index is 12.6. The second kappa shape index (κ2) is 9.83. The highest BCUT2D eigenvalue weighted by molar-refractivity contribution is 5.58. The van der Waals surface area contributed by atoms with Crippen molar-refractivity contribution in [2.24, 2.45) is 0 Å². The van der Waals surface area contributed by atoms with Crippen molar-refractivity contribution in [2.45, 2.75) is 49.4 Å². The third-order valence-electron chi connectivity index (χ3n) is 7.10. The van der Waals surface area contributed by atoms with Gasteiger partial charge in [-0.2, -0.15) is 18.3 Å². The van der Waals surface area contributed by atoms with Crippen molar-refractivity contribution >= 4 is 11.5 Å². The molecular weight excluding hydrogens is 501 g/mol. The van der Waals surface area contributed by atoms with Crippen LogP contribution in [0.1, 0.15) is 49.0 Å². The van der Waals surface area contributed by atoms with Gasteiger partial charge in [-0.3, -0.25) is 14.6 Å². The summed E-state index contributed by atoms with van der Waals surface area (Å²) in [5.41, 5.74) is 0.441. The zero-order valence-electron chi connectivity index (χ0n) is 20.7. The van der Waals surface area contributed by atoms with Gasteiger partial charge >= 0.3 is 6.18 Å². The number of nitrogens with zero attached hydrogens (tertiary/aromatic N) is 5. The van der Waals surface area contributed by atoms with Crippen molar-refractivity contribution in [1.82, 2.24) is 24.6 Å². The summed E-state index contributed by atoms with van der Waals surface area (Å²) in [4.78, 5) is 9.70. The van der Waals surface area contributed by atoms with Crippen LogP contribution in [0.5, 0.6) is 11.5 Å². The van der Waals surface area contributed by atoms with Gasteiger partial charge in [0.15, 0.2) is 5.75 Å². The molecule has 0 amide bonds. The lowest BCUT2D eigenvalue weighted by Crippen LogP contribution is -2.61. The van der Waals surface area contributed by atoms with Crippen LogP contribution in [-0.4, -0.2) is 68.8 Å². The lowest BCUT2D eigenvalue weighted by molar-refractivity contribution is -0.189. The lowest BCUT2D eigenvalue weighted by atomic mass is 9.89. The first-order chi connectivity index (χ1) is 18.2. The first kappa shape index (κ1) is 25.1. The summed E-state index contributed by atoms with van der Waals surface area (Å²) in [6, 6.07) is 7.32.